The van der Waals surface area contributed by atoms with Crippen LogP contribution < -0.4 is 11.1 Å². The van der Waals surface area contributed by atoms with E-state index in [9.17, 15) is 4.79 Å². The third kappa shape index (κ3) is 5.04. The van der Waals surface area contributed by atoms with Crippen LogP contribution in [0, 0.1) is 0 Å². The maximum Gasteiger partial charge on any atom is 0.221 e. The van der Waals surface area contributed by atoms with Crippen LogP contribution in [0.25, 0.3) is 0 Å². The molecule has 17 heavy (non-hydrogen) atoms. The number of hydrogen-bond acceptors (Lipinski definition) is 3. The van der Waals surface area contributed by atoms with Crippen LogP contribution in [0.1, 0.15) is 46.0 Å². The van der Waals surface area contributed by atoms with Crippen molar-refractivity contribution in [3.05, 3.63) is 0 Å². The topological polar surface area (TPSA) is 58.4 Å². The molecule has 0 atom stereocenters. The zero-order valence-electron chi connectivity index (χ0n) is 11.5. The molecule has 0 aliphatic heterocycles. The molecule has 1 rings (SSSR count). The molecule has 0 saturated heterocycles. The summed E-state index contributed by atoms with van der Waals surface area (Å²) in [7, 11) is 2.11. The molecule has 0 aromatic rings. The second-order valence-corrected chi connectivity index (χ2v) is 5.67. The molecule has 0 bridgehead atoms. The molecule has 3 N–H and O–H groups in total. The normalized spacial score (nSPS) is 18.2. The largest absolute Gasteiger partial charge is 0.356 e. The lowest BCUT2D eigenvalue weighted by atomic mass is 9.75. The van der Waals surface area contributed by atoms with Gasteiger partial charge in [0.25, 0.3) is 0 Å². The Kier molecular flexibility index (Phi) is 5.40. The van der Waals surface area contributed by atoms with Crippen LogP contribution in [0.4, 0.5) is 0 Å². The number of amides is 1. The fraction of sp³-hybridized carbons (Fsp3) is 0.923. The molecule has 1 aliphatic carbocycles. The van der Waals surface area contributed by atoms with Crippen LogP contribution in [-0.4, -0.2) is 42.5 Å². The molecule has 4 nitrogen and oxygen atoms in total. The van der Waals surface area contributed by atoms with Crippen molar-refractivity contribution in [1.29, 1.82) is 0 Å². The van der Waals surface area contributed by atoms with Gasteiger partial charge in [-0.15, -0.1) is 0 Å². The highest BCUT2D eigenvalue weighted by Crippen LogP contribution is 2.31. The molecule has 0 heterocycles. The van der Waals surface area contributed by atoms with Crippen molar-refractivity contribution in [3.8, 4) is 0 Å². The fourth-order valence-electron chi connectivity index (χ4n) is 2.00. The van der Waals surface area contributed by atoms with E-state index in [1.165, 1.54) is 6.42 Å². The lowest BCUT2D eigenvalue weighted by Gasteiger charge is -2.37. The Bertz CT molecular complexity index is 249. The molecule has 0 unspecified atom stereocenters. The maximum absolute atomic E-state index is 11.6. The number of nitrogens with one attached hydrogen (secondary N) is 1. The highest BCUT2D eigenvalue weighted by molar-refractivity contribution is 5.77. The van der Waals surface area contributed by atoms with Gasteiger partial charge >= 0.3 is 0 Å². The first kappa shape index (κ1) is 14.5. The van der Waals surface area contributed by atoms with Gasteiger partial charge in [0, 0.05) is 24.5 Å². The Balaban J connectivity index is 2.04. The Morgan fingerprint density at radius 2 is 2.12 bits per heavy atom. The third-order valence-electron chi connectivity index (χ3n) is 3.75. The first-order valence-corrected chi connectivity index (χ1v) is 6.69. The summed E-state index contributed by atoms with van der Waals surface area (Å²) < 4.78 is 0. The van der Waals surface area contributed by atoms with Gasteiger partial charge < -0.3 is 16.0 Å². The van der Waals surface area contributed by atoms with E-state index < -0.39 is 0 Å². The van der Waals surface area contributed by atoms with Crippen LogP contribution in [0.3, 0.4) is 0 Å². The average Bonchev–Trinajstić information content (AvgIpc) is 2.21. The molecule has 0 radical (unpaired) electrons. The van der Waals surface area contributed by atoms with E-state index in [1.807, 2.05) is 0 Å². The second kappa shape index (κ2) is 6.36. The highest BCUT2D eigenvalue weighted by Gasteiger charge is 2.34. The molecule has 1 aliphatic rings. The van der Waals surface area contributed by atoms with E-state index in [0.717, 1.165) is 32.4 Å². The monoisotopic (exact) mass is 241 g/mol. The van der Waals surface area contributed by atoms with Crippen LogP contribution in [0.2, 0.25) is 0 Å². The first-order valence-electron chi connectivity index (χ1n) is 6.69. The summed E-state index contributed by atoms with van der Waals surface area (Å²) in [4.78, 5) is 13.9. The van der Waals surface area contributed by atoms with Crippen LogP contribution in [0.15, 0.2) is 0 Å². The van der Waals surface area contributed by atoms with Crippen LogP contribution in [0.5, 0.6) is 0 Å². The van der Waals surface area contributed by atoms with Crippen molar-refractivity contribution >= 4 is 5.91 Å². The van der Waals surface area contributed by atoms with Crippen molar-refractivity contribution in [2.45, 2.75) is 57.5 Å². The van der Waals surface area contributed by atoms with Gasteiger partial charge in [0.15, 0.2) is 0 Å². The number of carbonyl (C=O) groups excluding carboxylic acids is 1. The Hall–Kier alpha value is -0.610. The van der Waals surface area contributed by atoms with E-state index in [2.05, 4.69) is 31.1 Å². The number of nitrogens with zero attached hydrogens (tertiary/aromatic N) is 1. The van der Waals surface area contributed by atoms with Gasteiger partial charge in [0.05, 0.1) is 0 Å². The summed E-state index contributed by atoms with van der Waals surface area (Å²) in [6.07, 6.45) is 4.65. The van der Waals surface area contributed by atoms with Gasteiger partial charge in [-0.05, 0) is 53.1 Å². The quantitative estimate of drug-likeness (QED) is 0.656. The van der Waals surface area contributed by atoms with Gasteiger partial charge in [-0.1, -0.05) is 0 Å². The summed E-state index contributed by atoms with van der Waals surface area (Å²) >= 11 is 0. The smallest absolute Gasteiger partial charge is 0.221 e. The summed E-state index contributed by atoms with van der Waals surface area (Å²) in [5.41, 5.74) is 5.83. The van der Waals surface area contributed by atoms with Crippen LogP contribution in [-0.2, 0) is 4.79 Å². The SMILES string of the molecule is CC(C)N(C)CCCNC(=O)CC1(N)CCC1. The van der Waals surface area contributed by atoms with E-state index in [0.29, 0.717) is 12.5 Å². The third-order valence-corrected chi connectivity index (χ3v) is 3.75. The molecule has 4 heteroatoms. The van der Waals surface area contributed by atoms with E-state index >= 15 is 0 Å². The van der Waals surface area contributed by atoms with Crippen molar-refractivity contribution < 1.29 is 4.79 Å². The molecular weight excluding hydrogens is 214 g/mol. The molecule has 100 valence electrons. The predicted molar refractivity (Wildman–Crippen MR) is 70.8 cm³/mol. The summed E-state index contributed by atoms with van der Waals surface area (Å²) in [6.45, 7) is 6.12. The standard InChI is InChI=1S/C13H27N3O/c1-11(2)16(3)9-5-8-15-12(17)10-13(14)6-4-7-13/h11H,4-10,14H2,1-3H3,(H,15,17). The zero-order valence-corrected chi connectivity index (χ0v) is 11.5. The molecule has 0 aromatic heterocycles. The van der Waals surface area contributed by atoms with Gasteiger partial charge in [-0.3, -0.25) is 4.79 Å². The molecule has 0 spiro atoms. The van der Waals surface area contributed by atoms with Crippen molar-refractivity contribution in [2.24, 2.45) is 5.73 Å². The fourth-order valence-corrected chi connectivity index (χ4v) is 2.00. The van der Waals surface area contributed by atoms with E-state index in [-0.39, 0.29) is 11.4 Å². The number of nitrogens with two attached hydrogens (primary N) is 1. The second-order valence-electron chi connectivity index (χ2n) is 5.67. The lowest BCUT2D eigenvalue weighted by molar-refractivity contribution is -0.123. The van der Waals surface area contributed by atoms with Crippen LogP contribution >= 0.6 is 0 Å². The summed E-state index contributed by atoms with van der Waals surface area (Å²) in [5, 5.41) is 2.96. The lowest BCUT2D eigenvalue weighted by Crippen LogP contribution is -2.50. The van der Waals surface area contributed by atoms with Crippen molar-refractivity contribution in [3.63, 3.8) is 0 Å². The van der Waals surface area contributed by atoms with Crippen molar-refractivity contribution in [1.82, 2.24) is 10.2 Å². The van der Waals surface area contributed by atoms with Gasteiger partial charge in [-0.25, -0.2) is 0 Å². The average molecular weight is 241 g/mol. The Morgan fingerprint density at radius 3 is 2.59 bits per heavy atom. The van der Waals surface area contributed by atoms with E-state index in [1.54, 1.807) is 0 Å². The predicted octanol–water partition coefficient (Wildman–Crippen LogP) is 1.10. The summed E-state index contributed by atoms with van der Waals surface area (Å²) in [6, 6.07) is 0.563. The highest BCUT2D eigenvalue weighted by atomic mass is 16.1. The number of hydrogen-bond donors (Lipinski definition) is 2. The molecule has 1 saturated carbocycles. The molecule has 1 amide bonds. The Labute approximate surface area is 105 Å². The molecule has 0 aromatic carbocycles. The minimum absolute atomic E-state index is 0.111. The number of rotatable bonds is 7. The van der Waals surface area contributed by atoms with Gasteiger partial charge in [-0.2, -0.15) is 0 Å². The number of carbonyl (C=O) groups is 1. The first-order chi connectivity index (χ1) is 7.93. The minimum Gasteiger partial charge on any atom is -0.356 e. The van der Waals surface area contributed by atoms with Gasteiger partial charge in [0.1, 0.15) is 0 Å². The Morgan fingerprint density at radius 1 is 1.47 bits per heavy atom. The zero-order chi connectivity index (χ0) is 12.9. The van der Waals surface area contributed by atoms with Crippen molar-refractivity contribution in [2.75, 3.05) is 20.1 Å². The molecular formula is C13H27N3O. The minimum atomic E-state index is -0.196. The molecule has 1 fully saturated rings. The summed E-state index contributed by atoms with van der Waals surface area (Å²) in [5.74, 6) is 0.111. The van der Waals surface area contributed by atoms with Gasteiger partial charge in [0.2, 0.25) is 5.91 Å². The maximum atomic E-state index is 11.6. The van der Waals surface area contributed by atoms with E-state index in [4.69, 9.17) is 5.73 Å².